The standard InChI is InChI=1S/C8H10N2S2/c1-2-4-11-7-6-10-3-5-12-8(10)9-7/h3,5-6H,2,4H2,1H3. The predicted octanol–water partition coefficient (Wildman–Crippen LogP) is 2.90. The molecule has 64 valence electrons. The quantitative estimate of drug-likeness (QED) is 0.705. The molecule has 0 saturated carbocycles. The minimum atomic E-state index is 1.09. The molecule has 0 radical (unpaired) electrons. The Hall–Kier alpha value is -0.480. The Balaban J connectivity index is 2.21. The van der Waals surface area contributed by atoms with Crippen molar-refractivity contribution >= 4 is 28.1 Å². The van der Waals surface area contributed by atoms with Crippen LogP contribution in [0.2, 0.25) is 0 Å². The first-order valence-electron chi connectivity index (χ1n) is 3.95. The molecule has 0 aromatic carbocycles. The molecule has 0 spiro atoms. The molecule has 2 nitrogen and oxygen atoms in total. The Morgan fingerprint density at radius 1 is 1.67 bits per heavy atom. The molecule has 0 atom stereocenters. The largest absolute Gasteiger partial charge is 0.297 e. The summed E-state index contributed by atoms with van der Waals surface area (Å²) in [5.41, 5.74) is 0. The second-order valence-corrected chi connectivity index (χ2v) is 4.51. The highest BCUT2D eigenvalue weighted by atomic mass is 32.2. The Morgan fingerprint density at radius 2 is 2.58 bits per heavy atom. The van der Waals surface area contributed by atoms with Gasteiger partial charge in [-0.2, -0.15) is 0 Å². The molecule has 12 heavy (non-hydrogen) atoms. The van der Waals surface area contributed by atoms with Crippen LogP contribution in [0.4, 0.5) is 0 Å². The van der Waals surface area contributed by atoms with E-state index in [1.165, 1.54) is 6.42 Å². The summed E-state index contributed by atoms with van der Waals surface area (Å²) < 4.78 is 2.07. The molecular weight excluding hydrogens is 188 g/mol. The van der Waals surface area contributed by atoms with Gasteiger partial charge in [0.05, 0.1) is 0 Å². The van der Waals surface area contributed by atoms with Crippen LogP contribution in [0.25, 0.3) is 4.96 Å². The normalized spacial score (nSPS) is 11.1. The van der Waals surface area contributed by atoms with Gasteiger partial charge < -0.3 is 0 Å². The fourth-order valence-electron chi connectivity index (χ4n) is 0.982. The van der Waals surface area contributed by atoms with E-state index in [0.717, 1.165) is 15.7 Å². The highest BCUT2D eigenvalue weighted by Gasteiger charge is 2.00. The number of thioether (sulfide) groups is 1. The summed E-state index contributed by atoms with van der Waals surface area (Å²) in [6, 6.07) is 0. The van der Waals surface area contributed by atoms with E-state index < -0.39 is 0 Å². The van der Waals surface area contributed by atoms with Gasteiger partial charge in [-0.25, -0.2) is 4.98 Å². The first kappa shape index (κ1) is 8.13. The molecule has 0 amide bonds. The molecule has 0 unspecified atom stereocenters. The average Bonchev–Trinajstić information content (AvgIpc) is 2.58. The number of nitrogens with zero attached hydrogens (tertiary/aromatic N) is 2. The van der Waals surface area contributed by atoms with Crippen LogP contribution >= 0.6 is 23.1 Å². The Kier molecular flexibility index (Phi) is 2.37. The molecule has 0 bridgehead atoms. The zero-order valence-corrected chi connectivity index (χ0v) is 8.49. The number of thiazole rings is 1. The van der Waals surface area contributed by atoms with Crippen molar-refractivity contribution in [2.45, 2.75) is 18.4 Å². The van der Waals surface area contributed by atoms with Crippen LogP contribution in [-0.4, -0.2) is 15.1 Å². The van der Waals surface area contributed by atoms with E-state index in [-0.39, 0.29) is 0 Å². The van der Waals surface area contributed by atoms with Crippen molar-refractivity contribution in [1.29, 1.82) is 0 Å². The second kappa shape index (κ2) is 3.49. The van der Waals surface area contributed by atoms with E-state index in [4.69, 9.17) is 0 Å². The topological polar surface area (TPSA) is 17.3 Å². The molecule has 0 saturated heterocycles. The lowest BCUT2D eigenvalue weighted by Gasteiger charge is -1.89. The van der Waals surface area contributed by atoms with Crippen molar-refractivity contribution in [3.8, 4) is 0 Å². The van der Waals surface area contributed by atoms with E-state index in [1.807, 2.05) is 18.0 Å². The minimum Gasteiger partial charge on any atom is -0.297 e. The lowest BCUT2D eigenvalue weighted by atomic mass is 10.6. The van der Waals surface area contributed by atoms with Crippen LogP contribution in [0.5, 0.6) is 0 Å². The maximum Gasteiger partial charge on any atom is 0.194 e. The van der Waals surface area contributed by atoms with Crippen LogP contribution in [0, 0.1) is 0 Å². The van der Waals surface area contributed by atoms with Crippen LogP contribution in [0.1, 0.15) is 13.3 Å². The molecule has 2 heterocycles. The van der Waals surface area contributed by atoms with Gasteiger partial charge in [0.25, 0.3) is 0 Å². The van der Waals surface area contributed by atoms with E-state index in [1.54, 1.807) is 11.3 Å². The molecule has 4 heteroatoms. The Morgan fingerprint density at radius 3 is 3.33 bits per heavy atom. The number of aromatic nitrogens is 2. The SMILES string of the molecule is CCCSc1cn2ccsc2n1. The van der Waals surface area contributed by atoms with Gasteiger partial charge in [0, 0.05) is 17.8 Å². The molecule has 2 aromatic rings. The van der Waals surface area contributed by atoms with Crippen LogP contribution < -0.4 is 0 Å². The van der Waals surface area contributed by atoms with Gasteiger partial charge >= 0.3 is 0 Å². The van der Waals surface area contributed by atoms with E-state index in [9.17, 15) is 0 Å². The first-order chi connectivity index (χ1) is 5.90. The van der Waals surface area contributed by atoms with Crippen molar-refractivity contribution in [2.24, 2.45) is 0 Å². The lowest BCUT2D eigenvalue weighted by Crippen LogP contribution is -1.74. The fourth-order valence-corrected chi connectivity index (χ4v) is 2.49. The Labute approximate surface area is 79.6 Å². The van der Waals surface area contributed by atoms with Gasteiger partial charge in [0.1, 0.15) is 5.03 Å². The molecular formula is C8H10N2S2. The van der Waals surface area contributed by atoms with Gasteiger partial charge in [-0.1, -0.05) is 6.92 Å². The number of hydrogen-bond donors (Lipinski definition) is 0. The van der Waals surface area contributed by atoms with E-state index in [0.29, 0.717) is 0 Å². The van der Waals surface area contributed by atoms with E-state index >= 15 is 0 Å². The summed E-state index contributed by atoms with van der Waals surface area (Å²) in [6.45, 7) is 2.19. The molecule has 0 aliphatic rings. The summed E-state index contributed by atoms with van der Waals surface area (Å²) in [5.74, 6) is 1.16. The zero-order valence-electron chi connectivity index (χ0n) is 6.86. The molecule has 0 aliphatic carbocycles. The molecule has 0 N–H and O–H groups in total. The average molecular weight is 198 g/mol. The number of imidazole rings is 1. The van der Waals surface area contributed by atoms with Crippen LogP contribution in [-0.2, 0) is 0 Å². The van der Waals surface area contributed by atoms with Gasteiger partial charge in [-0.3, -0.25) is 4.40 Å². The van der Waals surface area contributed by atoms with E-state index in [2.05, 4.69) is 27.9 Å². The summed E-state index contributed by atoms with van der Waals surface area (Å²) >= 11 is 3.51. The monoisotopic (exact) mass is 198 g/mol. The molecule has 0 fully saturated rings. The third kappa shape index (κ3) is 1.49. The third-order valence-electron chi connectivity index (χ3n) is 1.53. The summed E-state index contributed by atoms with van der Waals surface area (Å²) in [5, 5.41) is 3.19. The summed E-state index contributed by atoms with van der Waals surface area (Å²) in [4.78, 5) is 5.55. The molecule has 2 aromatic heterocycles. The summed E-state index contributed by atoms with van der Waals surface area (Å²) in [7, 11) is 0. The van der Waals surface area contributed by atoms with Crippen molar-refractivity contribution in [3.63, 3.8) is 0 Å². The van der Waals surface area contributed by atoms with Gasteiger partial charge in [-0.05, 0) is 12.2 Å². The van der Waals surface area contributed by atoms with Crippen molar-refractivity contribution < 1.29 is 0 Å². The smallest absolute Gasteiger partial charge is 0.194 e. The van der Waals surface area contributed by atoms with Crippen molar-refractivity contribution in [1.82, 2.24) is 9.38 Å². The minimum absolute atomic E-state index is 1.09. The lowest BCUT2D eigenvalue weighted by molar-refractivity contribution is 1.10. The summed E-state index contributed by atoms with van der Waals surface area (Å²) in [6.07, 6.45) is 5.34. The fraction of sp³-hybridized carbons (Fsp3) is 0.375. The van der Waals surface area contributed by atoms with Gasteiger partial charge in [0.15, 0.2) is 4.96 Å². The maximum atomic E-state index is 4.45. The maximum absolute atomic E-state index is 4.45. The number of fused-ring (bicyclic) bond motifs is 1. The first-order valence-corrected chi connectivity index (χ1v) is 5.81. The highest BCUT2D eigenvalue weighted by molar-refractivity contribution is 7.99. The second-order valence-electron chi connectivity index (χ2n) is 2.52. The Bertz CT molecular complexity index is 335. The highest BCUT2D eigenvalue weighted by Crippen LogP contribution is 2.20. The van der Waals surface area contributed by atoms with Gasteiger partial charge in [0.2, 0.25) is 0 Å². The van der Waals surface area contributed by atoms with Crippen molar-refractivity contribution in [2.75, 3.05) is 5.75 Å². The third-order valence-corrected chi connectivity index (χ3v) is 3.40. The predicted molar refractivity (Wildman–Crippen MR) is 54.1 cm³/mol. The van der Waals surface area contributed by atoms with Crippen molar-refractivity contribution in [3.05, 3.63) is 17.8 Å². The van der Waals surface area contributed by atoms with Crippen LogP contribution in [0.3, 0.4) is 0 Å². The molecule has 0 aliphatic heterocycles. The zero-order chi connectivity index (χ0) is 8.39. The number of rotatable bonds is 3. The van der Waals surface area contributed by atoms with Gasteiger partial charge in [-0.15, -0.1) is 23.1 Å². The van der Waals surface area contributed by atoms with Crippen LogP contribution in [0.15, 0.2) is 22.8 Å². The molecule has 2 rings (SSSR count). The number of hydrogen-bond acceptors (Lipinski definition) is 3.